The Bertz CT molecular complexity index is 1170. The third kappa shape index (κ3) is 3.95. The van der Waals surface area contributed by atoms with Crippen molar-refractivity contribution >= 4 is 34.5 Å². The van der Waals surface area contributed by atoms with Crippen molar-refractivity contribution in [2.45, 2.75) is 0 Å². The number of fused-ring (bicyclic) bond motifs is 1. The molecule has 1 aromatic heterocycles. The summed E-state index contributed by atoms with van der Waals surface area (Å²) in [7, 11) is 1.30. The van der Waals surface area contributed by atoms with Gasteiger partial charge in [-0.1, -0.05) is 0 Å². The largest absolute Gasteiger partial charge is 0.507 e. The number of furan rings is 1. The molecule has 12 heteroatoms. The van der Waals surface area contributed by atoms with E-state index in [1.54, 1.807) is 0 Å². The number of amides is 1. The quantitative estimate of drug-likeness (QED) is 0.361. The zero-order valence-corrected chi connectivity index (χ0v) is 14.7. The van der Waals surface area contributed by atoms with Crippen molar-refractivity contribution in [1.29, 1.82) is 0 Å². The Balaban J connectivity index is 1.83. The molecule has 0 bridgehead atoms. The molecule has 0 saturated carbocycles. The molecule has 0 saturated heterocycles. The maximum absolute atomic E-state index is 12.2. The first-order valence-electron chi connectivity index (χ1n) is 7.87. The number of nitrogens with zero attached hydrogens (tertiary/aromatic N) is 3. The van der Waals surface area contributed by atoms with E-state index >= 15 is 0 Å². The van der Waals surface area contributed by atoms with Crippen molar-refractivity contribution in [2.24, 2.45) is 5.10 Å². The summed E-state index contributed by atoms with van der Waals surface area (Å²) in [6.07, 6.45) is 1.02. The Labute approximate surface area is 161 Å². The molecule has 3 rings (SSSR count). The Hall–Kier alpha value is -4.48. The van der Waals surface area contributed by atoms with Crippen LogP contribution in [0.4, 0.5) is 11.4 Å². The first kappa shape index (κ1) is 19.3. The Morgan fingerprint density at radius 1 is 1.17 bits per heavy atom. The summed E-state index contributed by atoms with van der Waals surface area (Å²) in [6, 6.07) is 6.99. The van der Waals surface area contributed by atoms with Crippen molar-refractivity contribution < 1.29 is 28.9 Å². The summed E-state index contributed by atoms with van der Waals surface area (Å²) in [4.78, 5) is 32.7. The molecule has 0 fully saturated rings. The first-order chi connectivity index (χ1) is 13.8. The van der Waals surface area contributed by atoms with Crippen LogP contribution in [0.5, 0.6) is 11.5 Å². The molecule has 0 aliphatic heterocycles. The van der Waals surface area contributed by atoms with Crippen molar-refractivity contribution in [3.63, 3.8) is 0 Å². The number of hydrogen-bond acceptors (Lipinski definition) is 9. The number of phenolic OH excluding ortho intramolecular Hbond substituents is 1. The molecule has 0 radical (unpaired) electrons. The molecular formula is C17H12N4O8. The molecule has 148 valence electrons. The van der Waals surface area contributed by atoms with Gasteiger partial charge < -0.3 is 14.3 Å². The molecule has 1 heterocycles. The number of nitrogens with one attached hydrogen (secondary N) is 1. The summed E-state index contributed by atoms with van der Waals surface area (Å²) in [5.74, 6) is -1.17. The van der Waals surface area contributed by atoms with E-state index in [0.29, 0.717) is 0 Å². The Kier molecular flexibility index (Phi) is 5.08. The van der Waals surface area contributed by atoms with Gasteiger partial charge in [0.1, 0.15) is 5.75 Å². The predicted molar refractivity (Wildman–Crippen MR) is 99.2 cm³/mol. The van der Waals surface area contributed by atoms with E-state index in [1.165, 1.54) is 19.2 Å². The van der Waals surface area contributed by atoms with E-state index < -0.39 is 15.8 Å². The smallest absolute Gasteiger partial charge is 0.307 e. The van der Waals surface area contributed by atoms with Gasteiger partial charge in [-0.3, -0.25) is 25.0 Å². The van der Waals surface area contributed by atoms with Crippen LogP contribution in [0.25, 0.3) is 11.0 Å². The van der Waals surface area contributed by atoms with Gasteiger partial charge in [0.25, 0.3) is 11.4 Å². The lowest BCUT2D eigenvalue weighted by Crippen LogP contribution is -2.16. The number of rotatable bonds is 6. The molecule has 12 nitrogen and oxygen atoms in total. The first-order valence-corrected chi connectivity index (χ1v) is 7.87. The molecule has 1 amide bonds. The summed E-state index contributed by atoms with van der Waals surface area (Å²) in [6.45, 7) is 0. The van der Waals surface area contributed by atoms with Crippen molar-refractivity contribution in [1.82, 2.24) is 5.43 Å². The molecule has 2 aromatic carbocycles. The van der Waals surface area contributed by atoms with Gasteiger partial charge in [-0.15, -0.1) is 0 Å². The van der Waals surface area contributed by atoms with Crippen molar-refractivity contribution in [2.75, 3.05) is 7.11 Å². The average molecular weight is 400 g/mol. The maximum Gasteiger partial charge on any atom is 0.307 e. The number of non-ortho nitro benzene ring substituents is 2. The van der Waals surface area contributed by atoms with Crippen LogP contribution in [0.3, 0.4) is 0 Å². The van der Waals surface area contributed by atoms with E-state index in [9.17, 15) is 30.1 Å². The highest BCUT2D eigenvalue weighted by Crippen LogP contribution is 2.33. The lowest BCUT2D eigenvalue weighted by Gasteiger charge is -2.00. The minimum atomic E-state index is -0.785. The number of nitro benzene ring substituents is 2. The monoisotopic (exact) mass is 400 g/mol. The summed E-state index contributed by atoms with van der Waals surface area (Å²) in [5, 5.41) is 35.4. The molecule has 0 aliphatic carbocycles. The predicted octanol–water partition coefficient (Wildman–Crippen LogP) is 2.73. The summed E-state index contributed by atoms with van der Waals surface area (Å²) < 4.78 is 10.4. The van der Waals surface area contributed by atoms with Crippen molar-refractivity contribution in [3.8, 4) is 11.5 Å². The van der Waals surface area contributed by atoms with Gasteiger partial charge in [-0.05, 0) is 12.1 Å². The number of hydrogen-bond donors (Lipinski definition) is 2. The van der Waals surface area contributed by atoms with Crippen LogP contribution >= 0.6 is 0 Å². The van der Waals surface area contributed by atoms with Crippen LogP contribution in [0, 0.1) is 20.2 Å². The molecule has 0 atom stereocenters. The normalized spacial score (nSPS) is 10.9. The van der Waals surface area contributed by atoms with Crippen LogP contribution in [-0.4, -0.2) is 34.2 Å². The highest BCUT2D eigenvalue weighted by atomic mass is 16.6. The Morgan fingerprint density at radius 2 is 1.90 bits per heavy atom. The topological polar surface area (TPSA) is 170 Å². The van der Waals surface area contributed by atoms with E-state index in [-0.39, 0.29) is 45.2 Å². The summed E-state index contributed by atoms with van der Waals surface area (Å²) >= 11 is 0. The number of nitro groups is 2. The lowest BCUT2D eigenvalue weighted by atomic mass is 10.2. The van der Waals surface area contributed by atoms with E-state index in [1.807, 2.05) is 0 Å². The van der Waals surface area contributed by atoms with Gasteiger partial charge in [0, 0.05) is 29.1 Å². The fourth-order valence-electron chi connectivity index (χ4n) is 2.45. The number of methoxy groups -OCH3 is 1. The highest BCUT2D eigenvalue weighted by Gasteiger charge is 2.19. The number of phenols is 1. The molecule has 0 aliphatic rings. The number of benzene rings is 2. The second-order valence-electron chi connectivity index (χ2n) is 5.63. The molecule has 29 heavy (non-hydrogen) atoms. The molecule has 0 unspecified atom stereocenters. The van der Waals surface area contributed by atoms with Gasteiger partial charge >= 0.3 is 5.91 Å². The van der Waals surface area contributed by atoms with E-state index in [2.05, 4.69) is 10.5 Å². The lowest BCUT2D eigenvalue weighted by molar-refractivity contribution is -0.385. The fourth-order valence-corrected chi connectivity index (χ4v) is 2.45. The fraction of sp³-hybridized carbons (Fsp3) is 0.0588. The number of hydrazone groups is 1. The second-order valence-corrected chi connectivity index (χ2v) is 5.63. The number of ether oxygens (including phenoxy) is 1. The molecule has 3 aromatic rings. The van der Waals surface area contributed by atoms with Crippen molar-refractivity contribution in [3.05, 3.63) is 68.0 Å². The molecule has 2 N–H and O–H groups in total. The maximum atomic E-state index is 12.2. The van der Waals surface area contributed by atoms with Gasteiger partial charge in [-0.2, -0.15) is 5.10 Å². The van der Waals surface area contributed by atoms with Crippen LogP contribution in [0.1, 0.15) is 16.1 Å². The number of aromatic hydroxyl groups is 1. The van der Waals surface area contributed by atoms with Gasteiger partial charge in [0.15, 0.2) is 17.1 Å². The van der Waals surface area contributed by atoms with Crippen LogP contribution in [0.2, 0.25) is 0 Å². The summed E-state index contributed by atoms with van der Waals surface area (Å²) in [5.41, 5.74) is 1.80. The standard InChI is InChI=1S/C17H12N4O8/c1-28-14-7-12(21(26)27)4-9-6-15(29-16(9)14)17(23)19-18-8-10-5-11(20(24)25)2-3-13(10)22/h2-8,22H,1H3,(H,19,23)/b18-8-. The zero-order chi connectivity index (χ0) is 21.1. The minimum absolute atomic E-state index is 0.0152. The third-order valence-electron chi connectivity index (χ3n) is 3.81. The molecular weight excluding hydrogens is 388 g/mol. The van der Waals surface area contributed by atoms with Gasteiger partial charge in [0.2, 0.25) is 0 Å². The number of carbonyl (C=O) groups excluding carboxylic acids is 1. The van der Waals surface area contributed by atoms with Crippen LogP contribution in [-0.2, 0) is 0 Å². The van der Waals surface area contributed by atoms with Gasteiger partial charge in [-0.25, -0.2) is 5.43 Å². The number of carbonyl (C=O) groups is 1. The van der Waals surface area contributed by atoms with E-state index in [0.717, 1.165) is 30.5 Å². The van der Waals surface area contributed by atoms with E-state index in [4.69, 9.17) is 9.15 Å². The Morgan fingerprint density at radius 3 is 2.55 bits per heavy atom. The minimum Gasteiger partial charge on any atom is -0.507 e. The average Bonchev–Trinajstić information content (AvgIpc) is 3.12. The van der Waals surface area contributed by atoms with Crippen LogP contribution in [0.15, 0.2) is 45.9 Å². The SMILES string of the molecule is COc1cc([N+](=O)[O-])cc2cc(C(=O)N/N=C\c3cc([N+](=O)[O-])ccc3O)oc12. The highest BCUT2D eigenvalue weighted by molar-refractivity contribution is 5.98. The van der Waals surface area contributed by atoms with Crippen LogP contribution < -0.4 is 10.2 Å². The zero-order valence-electron chi connectivity index (χ0n) is 14.7. The molecule has 0 spiro atoms. The van der Waals surface area contributed by atoms with Gasteiger partial charge in [0.05, 0.1) is 29.2 Å². The third-order valence-corrected chi connectivity index (χ3v) is 3.81. The second kappa shape index (κ2) is 7.64.